The number of ether oxygens (including phenoxy) is 3. The van der Waals surface area contributed by atoms with E-state index in [0.29, 0.717) is 74.2 Å². The van der Waals surface area contributed by atoms with Crippen LogP contribution in [0.15, 0.2) is 66.2 Å². The predicted octanol–water partition coefficient (Wildman–Crippen LogP) is 7.91. The van der Waals surface area contributed by atoms with Crippen molar-refractivity contribution < 1.29 is 33.7 Å². The van der Waals surface area contributed by atoms with Gasteiger partial charge in [-0.3, -0.25) is 9.59 Å². The Balaban J connectivity index is 1.65. The van der Waals surface area contributed by atoms with Gasteiger partial charge in [0.15, 0.2) is 18.5 Å². The molecule has 1 unspecified atom stereocenters. The Bertz CT molecular complexity index is 1760. The van der Waals surface area contributed by atoms with Gasteiger partial charge >= 0.3 is 5.97 Å². The minimum Gasteiger partial charge on any atom is -0.485 e. The lowest BCUT2D eigenvalue weighted by molar-refractivity contribution is -0.139. The summed E-state index contributed by atoms with van der Waals surface area (Å²) in [7, 11) is 0. The predicted molar refractivity (Wildman–Crippen MR) is 163 cm³/mol. The number of carboxylic acids is 1. The van der Waals surface area contributed by atoms with E-state index in [9.17, 15) is 19.5 Å². The van der Waals surface area contributed by atoms with Crippen molar-refractivity contribution in [3.63, 3.8) is 0 Å². The Hall–Kier alpha value is -4.07. The molecule has 1 heterocycles. The fourth-order valence-corrected chi connectivity index (χ4v) is 5.94. The van der Waals surface area contributed by atoms with Crippen LogP contribution in [0.2, 0.25) is 10.0 Å². The molecule has 0 spiro atoms. The summed E-state index contributed by atoms with van der Waals surface area (Å²) >= 11 is 13.3. The topological polar surface area (TPSA) is 99.1 Å². The van der Waals surface area contributed by atoms with Crippen molar-refractivity contribution in [1.82, 2.24) is 0 Å². The summed E-state index contributed by atoms with van der Waals surface area (Å²) in [5.41, 5.74) is 0.230. The Labute approximate surface area is 252 Å². The molecule has 1 atom stereocenters. The second-order valence-electron chi connectivity index (χ2n) is 10.2. The van der Waals surface area contributed by atoms with Crippen molar-refractivity contribution in [2.75, 3.05) is 13.2 Å². The number of rotatable bonds is 10. The van der Waals surface area contributed by atoms with Crippen molar-refractivity contribution >= 4 is 68.5 Å². The third-order valence-corrected chi connectivity index (χ3v) is 8.10. The van der Waals surface area contributed by atoms with Gasteiger partial charge in [-0.1, -0.05) is 78.7 Å². The van der Waals surface area contributed by atoms with Crippen LogP contribution < -0.4 is 9.47 Å². The van der Waals surface area contributed by atoms with E-state index in [-0.39, 0.29) is 23.7 Å². The van der Waals surface area contributed by atoms with Gasteiger partial charge < -0.3 is 19.3 Å². The number of carbonyl (C=O) groups excluding carboxylic acids is 2. The van der Waals surface area contributed by atoms with Crippen LogP contribution in [0.5, 0.6) is 11.5 Å². The van der Waals surface area contributed by atoms with Crippen molar-refractivity contribution in [3.8, 4) is 11.5 Å². The molecule has 7 nitrogen and oxygen atoms in total. The molecule has 0 saturated heterocycles. The highest BCUT2D eigenvalue weighted by atomic mass is 35.5. The summed E-state index contributed by atoms with van der Waals surface area (Å²) < 4.78 is 18.2. The Kier molecular flexibility index (Phi) is 8.43. The average molecular weight is 607 g/mol. The van der Waals surface area contributed by atoms with Gasteiger partial charge in [-0.25, -0.2) is 4.79 Å². The largest absolute Gasteiger partial charge is 0.485 e. The molecule has 0 amide bonds. The Morgan fingerprint density at radius 1 is 0.952 bits per heavy atom. The highest BCUT2D eigenvalue weighted by molar-refractivity contribution is 6.37. The van der Waals surface area contributed by atoms with Crippen molar-refractivity contribution in [2.24, 2.45) is 0 Å². The van der Waals surface area contributed by atoms with E-state index in [0.717, 1.165) is 5.57 Å². The molecular weight excluding hydrogens is 579 g/mol. The first-order valence-corrected chi connectivity index (χ1v) is 14.2. The van der Waals surface area contributed by atoms with Gasteiger partial charge in [-0.05, 0) is 43.9 Å². The maximum atomic E-state index is 14.3. The number of Topliss-reactive ketones (excluding diaryl/α,β-unsaturated/α-hetero) is 1. The zero-order valence-electron chi connectivity index (χ0n) is 23.0. The van der Waals surface area contributed by atoms with Crippen LogP contribution in [0.25, 0.3) is 27.3 Å². The van der Waals surface area contributed by atoms with Gasteiger partial charge in [0.1, 0.15) is 23.9 Å². The molecular formula is C33H28Cl2O7. The highest BCUT2D eigenvalue weighted by Gasteiger charge is 2.43. The molecule has 0 bridgehead atoms. The van der Waals surface area contributed by atoms with Gasteiger partial charge in [0.2, 0.25) is 5.78 Å². The van der Waals surface area contributed by atoms with Crippen LogP contribution in [0.4, 0.5) is 0 Å². The molecule has 5 rings (SSSR count). The maximum absolute atomic E-state index is 14.3. The normalized spacial score (nSPS) is 16.8. The van der Waals surface area contributed by atoms with E-state index in [1.54, 1.807) is 37.3 Å². The average Bonchev–Trinajstić information content (AvgIpc) is 2.99. The van der Waals surface area contributed by atoms with Crippen LogP contribution in [-0.2, 0) is 14.3 Å². The number of hydrogen-bond acceptors (Lipinski definition) is 6. The van der Waals surface area contributed by atoms with Crippen LogP contribution in [0.1, 0.15) is 49.0 Å². The number of hydrogen-bond donors (Lipinski definition) is 1. The van der Waals surface area contributed by atoms with E-state index in [4.69, 9.17) is 37.4 Å². The summed E-state index contributed by atoms with van der Waals surface area (Å²) in [4.78, 5) is 37.0. The number of benzene rings is 4. The molecule has 1 N–H and O–H groups in total. The lowest BCUT2D eigenvalue weighted by atomic mass is 9.83. The first-order chi connectivity index (χ1) is 20.2. The molecule has 9 heteroatoms. The minimum absolute atomic E-state index is 0.196. The molecule has 0 aliphatic carbocycles. The monoisotopic (exact) mass is 606 g/mol. The highest BCUT2D eigenvalue weighted by Crippen LogP contribution is 2.47. The standard InChI is InChI=1S/C33H28Cl2O7/c1-3-19-12-13-33(2,32(39)25-17-27(35)21-9-5-7-11-23(21)31(25)40-15-14-36)42-29(19)24-16-26(34)20-8-4-6-10-22(20)30(24)41-18-28(37)38/h4-11,14,16-17H,3,12-13,15,18H2,1-2H3,(H,37,38). The number of allylic oxidation sites excluding steroid dienone is 1. The van der Waals surface area contributed by atoms with E-state index in [1.165, 1.54) is 0 Å². The third-order valence-electron chi connectivity index (χ3n) is 7.47. The molecule has 1 aliphatic heterocycles. The molecule has 4 aromatic carbocycles. The Morgan fingerprint density at radius 2 is 1.55 bits per heavy atom. The fourth-order valence-electron chi connectivity index (χ4n) is 5.39. The summed E-state index contributed by atoms with van der Waals surface area (Å²) in [6.07, 6.45) is 2.14. The van der Waals surface area contributed by atoms with Gasteiger partial charge in [-0.15, -0.1) is 0 Å². The molecule has 0 aromatic heterocycles. The fraction of sp³-hybridized carbons (Fsp3) is 0.242. The van der Waals surface area contributed by atoms with Crippen molar-refractivity contribution in [2.45, 2.75) is 38.7 Å². The zero-order chi connectivity index (χ0) is 30.0. The van der Waals surface area contributed by atoms with E-state index >= 15 is 0 Å². The first-order valence-electron chi connectivity index (χ1n) is 13.5. The minimum atomic E-state index is -1.36. The maximum Gasteiger partial charge on any atom is 0.341 e. The summed E-state index contributed by atoms with van der Waals surface area (Å²) in [6.45, 7) is 2.87. The van der Waals surface area contributed by atoms with Gasteiger partial charge in [0.05, 0.1) is 11.1 Å². The number of aliphatic carboxylic acids is 1. The van der Waals surface area contributed by atoms with Crippen LogP contribution in [-0.4, -0.2) is 42.0 Å². The van der Waals surface area contributed by atoms with Crippen LogP contribution >= 0.6 is 23.2 Å². The molecule has 42 heavy (non-hydrogen) atoms. The number of carboxylic acid groups (broad SMARTS) is 1. The third kappa shape index (κ3) is 5.42. The summed E-state index contributed by atoms with van der Waals surface area (Å²) in [6, 6.07) is 17.7. The van der Waals surface area contributed by atoms with Crippen molar-refractivity contribution in [1.29, 1.82) is 0 Å². The number of aldehydes is 1. The van der Waals surface area contributed by atoms with Crippen LogP contribution in [0, 0.1) is 0 Å². The van der Waals surface area contributed by atoms with Gasteiger partial charge in [0.25, 0.3) is 0 Å². The second-order valence-corrected chi connectivity index (χ2v) is 11.0. The van der Waals surface area contributed by atoms with E-state index in [2.05, 4.69) is 0 Å². The van der Waals surface area contributed by atoms with Crippen molar-refractivity contribution in [3.05, 3.63) is 87.4 Å². The zero-order valence-corrected chi connectivity index (χ0v) is 24.6. The summed E-state index contributed by atoms with van der Waals surface area (Å²) in [5.74, 6) is -0.537. The van der Waals surface area contributed by atoms with Gasteiger partial charge in [-0.2, -0.15) is 0 Å². The van der Waals surface area contributed by atoms with E-state index in [1.807, 2.05) is 37.3 Å². The van der Waals surface area contributed by atoms with E-state index < -0.39 is 18.2 Å². The lowest BCUT2D eigenvalue weighted by Crippen LogP contribution is -2.40. The second kappa shape index (κ2) is 12.0. The Morgan fingerprint density at radius 3 is 2.14 bits per heavy atom. The molecule has 0 fully saturated rings. The van der Waals surface area contributed by atoms with Crippen LogP contribution in [0.3, 0.4) is 0 Å². The molecule has 4 aromatic rings. The molecule has 1 aliphatic rings. The number of ketones is 1. The molecule has 0 radical (unpaired) electrons. The lowest BCUT2D eigenvalue weighted by Gasteiger charge is -2.37. The summed E-state index contributed by atoms with van der Waals surface area (Å²) in [5, 5.41) is 12.8. The SMILES string of the molecule is CCC1=C(c2cc(Cl)c3ccccc3c2OCC(=O)O)OC(C)(C(=O)c2cc(Cl)c3ccccc3c2OCC=O)CC1. The number of fused-ring (bicyclic) bond motifs is 2. The quantitative estimate of drug-likeness (QED) is 0.144. The first kappa shape index (κ1) is 29.4. The smallest absolute Gasteiger partial charge is 0.341 e. The molecule has 216 valence electrons. The van der Waals surface area contributed by atoms with Gasteiger partial charge in [0, 0.05) is 31.6 Å². The number of halogens is 2. The molecule has 0 saturated carbocycles. The number of carbonyl (C=O) groups is 3.